The summed E-state index contributed by atoms with van der Waals surface area (Å²) >= 11 is 1.72. The number of H-pyrrole nitrogens is 1. The van der Waals surface area contributed by atoms with Gasteiger partial charge in [-0.25, -0.2) is 4.98 Å². The summed E-state index contributed by atoms with van der Waals surface area (Å²) in [6, 6.07) is 18.3. The van der Waals surface area contributed by atoms with E-state index in [9.17, 15) is 0 Å². The van der Waals surface area contributed by atoms with Gasteiger partial charge in [-0.15, -0.1) is 11.3 Å². The van der Waals surface area contributed by atoms with Crippen LogP contribution < -0.4 is 0 Å². The SMILES string of the molecule is C(=C\c1cccc2nc(Cc3cccs3)oc12)/c1n[nH]c2ccccc12. The molecule has 0 bridgehead atoms. The fourth-order valence-electron chi connectivity index (χ4n) is 3.07. The molecule has 26 heavy (non-hydrogen) atoms. The number of hydrogen-bond donors (Lipinski definition) is 1. The molecule has 5 rings (SSSR count). The Morgan fingerprint density at radius 2 is 1.96 bits per heavy atom. The van der Waals surface area contributed by atoms with Gasteiger partial charge >= 0.3 is 0 Å². The fraction of sp³-hybridized carbons (Fsp3) is 0.0476. The van der Waals surface area contributed by atoms with Crippen molar-refractivity contribution in [1.29, 1.82) is 0 Å². The maximum Gasteiger partial charge on any atom is 0.200 e. The summed E-state index contributed by atoms with van der Waals surface area (Å²) < 4.78 is 6.05. The van der Waals surface area contributed by atoms with Crippen molar-refractivity contribution in [3.63, 3.8) is 0 Å². The summed E-state index contributed by atoms with van der Waals surface area (Å²) in [6.45, 7) is 0. The van der Waals surface area contributed by atoms with Crippen LogP contribution in [0.2, 0.25) is 0 Å². The van der Waals surface area contributed by atoms with E-state index in [1.54, 1.807) is 11.3 Å². The van der Waals surface area contributed by atoms with Gasteiger partial charge in [0.25, 0.3) is 0 Å². The van der Waals surface area contributed by atoms with E-state index in [0.717, 1.165) is 45.6 Å². The molecule has 0 atom stereocenters. The highest BCUT2D eigenvalue weighted by Crippen LogP contribution is 2.25. The van der Waals surface area contributed by atoms with E-state index in [4.69, 9.17) is 4.42 Å². The van der Waals surface area contributed by atoms with Gasteiger partial charge in [0.15, 0.2) is 5.58 Å². The first-order valence-electron chi connectivity index (χ1n) is 8.39. The third-order valence-corrected chi connectivity index (χ3v) is 5.19. The number of thiophene rings is 1. The summed E-state index contributed by atoms with van der Waals surface area (Å²) in [5.74, 6) is 0.744. The fourth-order valence-corrected chi connectivity index (χ4v) is 3.76. The molecule has 0 fully saturated rings. The Hall–Kier alpha value is -3.18. The normalized spacial score (nSPS) is 11.8. The van der Waals surface area contributed by atoms with Gasteiger partial charge in [-0.1, -0.05) is 36.4 Å². The molecule has 3 heterocycles. The van der Waals surface area contributed by atoms with Crippen LogP contribution in [-0.4, -0.2) is 15.2 Å². The average Bonchev–Trinajstić information content (AvgIpc) is 3.39. The lowest BCUT2D eigenvalue weighted by atomic mass is 10.1. The van der Waals surface area contributed by atoms with Crippen LogP contribution in [0.4, 0.5) is 0 Å². The minimum atomic E-state index is 0.722. The van der Waals surface area contributed by atoms with Gasteiger partial charge in [0.2, 0.25) is 5.89 Å². The highest BCUT2D eigenvalue weighted by atomic mass is 32.1. The van der Waals surface area contributed by atoms with Crippen LogP contribution in [0.15, 0.2) is 64.4 Å². The lowest BCUT2D eigenvalue weighted by Crippen LogP contribution is -1.82. The average molecular weight is 357 g/mol. The second-order valence-electron chi connectivity index (χ2n) is 6.05. The standard InChI is InChI=1S/C21H15N3OS/c1-2-8-17-16(7-1)18(24-23-17)11-10-14-5-3-9-19-21(14)25-20(22-19)13-15-6-4-12-26-15/h1-12H,13H2,(H,23,24)/b11-10+. The molecule has 3 aromatic heterocycles. The predicted molar refractivity (Wildman–Crippen MR) is 106 cm³/mol. The third kappa shape index (κ3) is 2.72. The van der Waals surface area contributed by atoms with Crippen LogP contribution in [0, 0.1) is 0 Å². The highest BCUT2D eigenvalue weighted by molar-refractivity contribution is 7.09. The minimum Gasteiger partial charge on any atom is -0.440 e. The third-order valence-electron chi connectivity index (χ3n) is 4.32. The molecule has 0 aliphatic carbocycles. The molecule has 5 aromatic rings. The number of hydrogen-bond acceptors (Lipinski definition) is 4. The quantitative estimate of drug-likeness (QED) is 0.460. The Bertz CT molecular complexity index is 1210. The van der Waals surface area contributed by atoms with Crippen LogP contribution >= 0.6 is 11.3 Å². The van der Waals surface area contributed by atoms with E-state index in [1.807, 2.05) is 54.6 Å². The Kier molecular flexibility index (Phi) is 3.65. The van der Waals surface area contributed by atoms with Crippen molar-refractivity contribution < 1.29 is 4.42 Å². The maximum atomic E-state index is 6.05. The number of rotatable bonds is 4. The van der Waals surface area contributed by atoms with Crippen LogP contribution in [0.5, 0.6) is 0 Å². The van der Waals surface area contributed by atoms with Gasteiger partial charge < -0.3 is 4.42 Å². The maximum absolute atomic E-state index is 6.05. The van der Waals surface area contributed by atoms with Crippen LogP contribution in [0.25, 0.3) is 34.2 Å². The molecule has 1 N–H and O–H groups in total. The lowest BCUT2D eigenvalue weighted by molar-refractivity contribution is 0.545. The molecule has 0 aliphatic heterocycles. The number of benzene rings is 2. The van der Waals surface area contributed by atoms with Crippen molar-refractivity contribution in [2.45, 2.75) is 6.42 Å². The molecule has 0 spiro atoms. The Labute approximate surface area is 153 Å². The molecule has 4 nitrogen and oxygen atoms in total. The zero-order valence-corrected chi connectivity index (χ0v) is 14.7. The van der Waals surface area contributed by atoms with E-state index in [2.05, 4.69) is 32.7 Å². The molecule has 126 valence electrons. The van der Waals surface area contributed by atoms with Crippen molar-refractivity contribution in [2.75, 3.05) is 0 Å². The molecule has 0 unspecified atom stereocenters. The second-order valence-corrected chi connectivity index (χ2v) is 7.08. The molecular formula is C21H15N3OS. The van der Waals surface area contributed by atoms with Gasteiger partial charge in [0.05, 0.1) is 17.6 Å². The smallest absolute Gasteiger partial charge is 0.200 e. The topological polar surface area (TPSA) is 54.7 Å². The molecular weight excluding hydrogens is 342 g/mol. The first kappa shape index (κ1) is 15.1. The van der Waals surface area contributed by atoms with E-state index in [1.165, 1.54) is 4.88 Å². The number of oxazole rings is 1. The number of aromatic nitrogens is 3. The largest absolute Gasteiger partial charge is 0.440 e. The van der Waals surface area contributed by atoms with E-state index in [0.29, 0.717) is 0 Å². The number of nitrogens with zero attached hydrogens (tertiary/aromatic N) is 2. The van der Waals surface area contributed by atoms with Gasteiger partial charge in [-0.05, 0) is 35.7 Å². The summed E-state index contributed by atoms with van der Waals surface area (Å²) in [5.41, 5.74) is 4.64. The van der Waals surface area contributed by atoms with Crippen molar-refractivity contribution in [3.8, 4) is 0 Å². The van der Waals surface area contributed by atoms with Crippen LogP contribution in [0.3, 0.4) is 0 Å². The first-order valence-corrected chi connectivity index (χ1v) is 9.27. The molecule has 5 heteroatoms. The van der Waals surface area contributed by atoms with Gasteiger partial charge in [-0.3, -0.25) is 5.10 Å². The zero-order chi connectivity index (χ0) is 17.3. The van der Waals surface area contributed by atoms with Crippen molar-refractivity contribution in [3.05, 3.63) is 82.0 Å². The number of fused-ring (bicyclic) bond motifs is 2. The van der Waals surface area contributed by atoms with Crippen molar-refractivity contribution in [1.82, 2.24) is 15.2 Å². The summed E-state index contributed by atoms with van der Waals surface area (Å²) in [7, 11) is 0. The lowest BCUT2D eigenvalue weighted by Gasteiger charge is -1.94. The van der Waals surface area contributed by atoms with Crippen molar-refractivity contribution in [2.24, 2.45) is 0 Å². The van der Waals surface area contributed by atoms with E-state index in [-0.39, 0.29) is 0 Å². The Morgan fingerprint density at radius 1 is 1.00 bits per heavy atom. The van der Waals surface area contributed by atoms with Gasteiger partial charge in [0, 0.05) is 15.8 Å². The number of nitrogens with one attached hydrogen (secondary N) is 1. The van der Waals surface area contributed by atoms with Crippen LogP contribution in [0.1, 0.15) is 22.0 Å². The zero-order valence-electron chi connectivity index (χ0n) is 13.8. The van der Waals surface area contributed by atoms with E-state index >= 15 is 0 Å². The Balaban J connectivity index is 1.51. The molecule has 0 saturated carbocycles. The first-order chi connectivity index (χ1) is 12.9. The number of aromatic amines is 1. The van der Waals surface area contributed by atoms with E-state index < -0.39 is 0 Å². The van der Waals surface area contributed by atoms with Gasteiger partial charge in [-0.2, -0.15) is 5.10 Å². The highest BCUT2D eigenvalue weighted by Gasteiger charge is 2.10. The number of para-hydroxylation sites is 2. The predicted octanol–water partition coefficient (Wildman–Crippen LogP) is 5.53. The van der Waals surface area contributed by atoms with Crippen molar-refractivity contribution >= 4 is 45.5 Å². The molecule has 2 aromatic carbocycles. The minimum absolute atomic E-state index is 0.722. The molecule has 0 amide bonds. The Morgan fingerprint density at radius 3 is 2.88 bits per heavy atom. The molecule has 0 radical (unpaired) electrons. The summed E-state index contributed by atoms with van der Waals surface area (Å²) in [6.07, 6.45) is 4.76. The second kappa shape index (κ2) is 6.28. The van der Waals surface area contributed by atoms with Gasteiger partial charge in [0.1, 0.15) is 5.52 Å². The molecule has 0 aliphatic rings. The summed E-state index contributed by atoms with van der Waals surface area (Å²) in [4.78, 5) is 5.87. The van der Waals surface area contributed by atoms with Crippen LogP contribution in [-0.2, 0) is 6.42 Å². The monoisotopic (exact) mass is 357 g/mol. The summed E-state index contributed by atoms with van der Waals surface area (Å²) in [5, 5.41) is 10.6. The molecule has 0 saturated heterocycles.